The Kier molecular flexibility index (Phi) is 4.65. The standard InChI is InChI=1S/C24H23N/c1-3-9-20(10-4-1)17-22(18-21-11-5-2-6-12-21)19-25-16-15-23-13-7-8-14-24(23)25/h1-16,22H,17-19H2. The summed E-state index contributed by atoms with van der Waals surface area (Å²) in [5.74, 6) is 0.570. The van der Waals surface area contributed by atoms with E-state index in [1.54, 1.807) is 0 Å². The summed E-state index contributed by atoms with van der Waals surface area (Å²) >= 11 is 0. The Balaban J connectivity index is 1.60. The quantitative estimate of drug-likeness (QED) is 0.426. The third-order valence-electron chi connectivity index (χ3n) is 4.87. The molecule has 0 N–H and O–H groups in total. The molecule has 0 spiro atoms. The van der Waals surface area contributed by atoms with Gasteiger partial charge in [-0.2, -0.15) is 0 Å². The Bertz CT molecular complexity index is 880. The first-order valence-corrected chi connectivity index (χ1v) is 9.00. The highest BCUT2D eigenvalue weighted by Gasteiger charge is 2.13. The normalized spacial score (nSPS) is 11.2. The molecule has 0 amide bonds. The van der Waals surface area contributed by atoms with Crippen molar-refractivity contribution in [2.45, 2.75) is 19.4 Å². The number of aromatic nitrogens is 1. The first-order valence-electron chi connectivity index (χ1n) is 9.00. The van der Waals surface area contributed by atoms with Crippen LogP contribution in [0.5, 0.6) is 0 Å². The van der Waals surface area contributed by atoms with Gasteiger partial charge in [0.2, 0.25) is 0 Å². The van der Waals surface area contributed by atoms with Gasteiger partial charge in [0.1, 0.15) is 0 Å². The van der Waals surface area contributed by atoms with E-state index in [0.29, 0.717) is 5.92 Å². The van der Waals surface area contributed by atoms with Crippen molar-refractivity contribution < 1.29 is 0 Å². The van der Waals surface area contributed by atoms with Crippen LogP contribution >= 0.6 is 0 Å². The van der Waals surface area contributed by atoms with Gasteiger partial charge in [0.25, 0.3) is 0 Å². The summed E-state index contributed by atoms with van der Waals surface area (Å²) in [5.41, 5.74) is 4.16. The third kappa shape index (κ3) is 3.83. The monoisotopic (exact) mass is 325 g/mol. The fraction of sp³-hybridized carbons (Fsp3) is 0.167. The minimum Gasteiger partial charge on any atom is -0.347 e. The van der Waals surface area contributed by atoms with E-state index in [0.717, 1.165) is 19.4 Å². The van der Waals surface area contributed by atoms with E-state index < -0.39 is 0 Å². The highest BCUT2D eigenvalue weighted by atomic mass is 15.0. The molecule has 4 rings (SSSR count). The first-order chi connectivity index (χ1) is 12.4. The second kappa shape index (κ2) is 7.40. The van der Waals surface area contributed by atoms with Crippen LogP contribution in [0.4, 0.5) is 0 Å². The molecule has 0 saturated heterocycles. The predicted molar refractivity (Wildman–Crippen MR) is 106 cm³/mol. The van der Waals surface area contributed by atoms with Crippen molar-refractivity contribution in [3.8, 4) is 0 Å². The lowest BCUT2D eigenvalue weighted by atomic mass is 9.92. The summed E-state index contributed by atoms with van der Waals surface area (Å²) in [6.07, 6.45) is 4.43. The molecule has 0 radical (unpaired) electrons. The van der Waals surface area contributed by atoms with Crippen molar-refractivity contribution in [2.24, 2.45) is 5.92 Å². The van der Waals surface area contributed by atoms with Gasteiger partial charge in [-0.3, -0.25) is 0 Å². The van der Waals surface area contributed by atoms with E-state index in [-0.39, 0.29) is 0 Å². The molecule has 1 heteroatoms. The number of hydrogen-bond donors (Lipinski definition) is 0. The molecule has 0 aliphatic rings. The minimum atomic E-state index is 0.570. The van der Waals surface area contributed by atoms with Gasteiger partial charge in [0, 0.05) is 18.3 Å². The molecular formula is C24H23N. The molecule has 0 fully saturated rings. The largest absolute Gasteiger partial charge is 0.347 e. The van der Waals surface area contributed by atoms with E-state index in [2.05, 4.69) is 102 Å². The van der Waals surface area contributed by atoms with Crippen molar-refractivity contribution in [1.82, 2.24) is 4.57 Å². The smallest absolute Gasteiger partial charge is 0.0480 e. The number of hydrogen-bond acceptors (Lipinski definition) is 0. The highest BCUT2D eigenvalue weighted by molar-refractivity contribution is 5.79. The third-order valence-corrected chi connectivity index (χ3v) is 4.87. The predicted octanol–water partition coefficient (Wildman–Crippen LogP) is 5.74. The maximum Gasteiger partial charge on any atom is 0.0480 e. The van der Waals surface area contributed by atoms with Gasteiger partial charge in [0.05, 0.1) is 0 Å². The molecule has 4 aromatic rings. The summed E-state index contributed by atoms with van der Waals surface area (Å²) in [6.45, 7) is 1.04. The second-order valence-corrected chi connectivity index (χ2v) is 6.77. The molecule has 25 heavy (non-hydrogen) atoms. The van der Waals surface area contributed by atoms with Crippen LogP contribution in [0, 0.1) is 5.92 Å². The maximum atomic E-state index is 2.41. The van der Waals surface area contributed by atoms with E-state index in [1.807, 2.05) is 0 Å². The van der Waals surface area contributed by atoms with Crippen molar-refractivity contribution in [3.05, 3.63) is 108 Å². The van der Waals surface area contributed by atoms with E-state index in [9.17, 15) is 0 Å². The zero-order valence-electron chi connectivity index (χ0n) is 14.4. The average molecular weight is 325 g/mol. The molecule has 0 unspecified atom stereocenters. The zero-order chi connectivity index (χ0) is 16.9. The van der Waals surface area contributed by atoms with Gasteiger partial charge in [-0.05, 0) is 47.4 Å². The van der Waals surface area contributed by atoms with Gasteiger partial charge in [0.15, 0.2) is 0 Å². The molecule has 124 valence electrons. The number of rotatable bonds is 6. The van der Waals surface area contributed by atoms with Crippen LogP contribution < -0.4 is 0 Å². The maximum absolute atomic E-state index is 2.41. The van der Waals surface area contributed by atoms with Crippen LogP contribution in [0.3, 0.4) is 0 Å². The molecule has 0 aliphatic heterocycles. The lowest BCUT2D eigenvalue weighted by molar-refractivity contribution is 0.446. The Morgan fingerprint density at radius 2 is 1.16 bits per heavy atom. The first kappa shape index (κ1) is 15.7. The number of nitrogens with zero attached hydrogens (tertiary/aromatic N) is 1. The van der Waals surface area contributed by atoms with E-state index in [4.69, 9.17) is 0 Å². The fourth-order valence-corrected chi connectivity index (χ4v) is 3.67. The highest BCUT2D eigenvalue weighted by Crippen LogP contribution is 2.21. The van der Waals surface area contributed by atoms with Crippen LogP contribution in [0.1, 0.15) is 11.1 Å². The van der Waals surface area contributed by atoms with Crippen LogP contribution in [-0.4, -0.2) is 4.57 Å². The van der Waals surface area contributed by atoms with Gasteiger partial charge >= 0.3 is 0 Å². The summed E-state index contributed by atoms with van der Waals surface area (Å²) in [5, 5.41) is 1.32. The van der Waals surface area contributed by atoms with E-state index in [1.165, 1.54) is 22.0 Å². The molecule has 0 bridgehead atoms. The molecule has 3 aromatic carbocycles. The average Bonchev–Trinajstić information content (AvgIpc) is 3.06. The zero-order valence-corrected chi connectivity index (χ0v) is 14.4. The lowest BCUT2D eigenvalue weighted by Crippen LogP contribution is -2.16. The van der Waals surface area contributed by atoms with Crippen molar-refractivity contribution in [2.75, 3.05) is 0 Å². The molecule has 1 nitrogen and oxygen atoms in total. The summed E-state index contributed by atoms with van der Waals surface area (Å²) in [4.78, 5) is 0. The minimum absolute atomic E-state index is 0.570. The lowest BCUT2D eigenvalue weighted by Gasteiger charge is -2.19. The SMILES string of the molecule is c1ccc(CC(Cc2ccccc2)Cn2ccc3ccccc32)cc1. The van der Waals surface area contributed by atoms with Crippen LogP contribution in [0.15, 0.2) is 97.2 Å². The molecule has 0 saturated carbocycles. The summed E-state index contributed by atoms with van der Waals surface area (Å²) in [7, 11) is 0. The van der Waals surface area contributed by atoms with E-state index >= 15 is 0 Å². The van der Waals surface area contributed by atoms with Crippen molar-refractivity contribution >= 4 is 10.9 Å². The van der Waals surface area contributed by atoms with Gasteiger partial charge in [-0.1, -0.05) is 78.9 Å². The number of para-hydroxylation sites is 1. The Labute approximate surface area is 149 Å². The molecule has 1 aromatic heterocycles. The molecule has 1 heterocycles. The molecular weight excluding hydrogens is 302 g/mol. The Hall–Kier alpha value is -2.80. The fourth-order valence-electron chi connectivity index (χ4n) is 3.67. The van der Waals surface area contributed by atoms with Gasteiger partial charge in [-0.25, -0.2) is 0 Å². The summed E-state index contributed by atoms with van der Waals surface area (Å²) < 4.78 is 2.41. The molecule has 0 aliphatic carbocycles. The Morgan fingerprint density at radius 3 is 1.80 bits per heavy atom. The number of fused-ring (bicyclic) bond motifs is 1. The molecule has 0 atom stereocenters. The number of benzene rings is 3. The van der Waals surface area contributed by atoms with Crippen LogP contribution in [0.25, 0.3) is 10.9 Å². The van der Waals surface area contributed by atoms with Crippen molar-refractivity contribution in [3.63, 3.8) is 0 Å². The second-order valence-electron chi connectivity index (χ2n) is 6.77. The van der Waals surface area contributed by atoms with Crippen LogP contribution in [-0.2, 0) is 19.4 Å². The van der Waals surface area contributed by atoms with Crippen molar-refractivity contribution in [1.29, 1.82) is 0 Å². The topological polar surface area (TPSA) is 4.93 Å². The van der Waals surface area contributed by atoms with Gasteiger partial charge in [-0.15, -0.1) is 0 Å². The van der Waals surface area contributed by atoms with Crippen LogP contribution in [0.2, 0.25) is 0 Å². The summed E-state index contributed by atoms with van der Waals surface area (Å²) in [6, 6.07) is 32.6. The van der Waals surface area contributed by atoms with Gasteiger partial charge < -0.3 is 4.57 Å². The Morgan fingerprint density at radius 1 is 0.600 bits per heavy atom.